The largest absolute Gasteiger partial charge is 0.466 e. The molecule has 0 aliphatic carbocycles. The summed E-state index contributed by atoms with van der Waals surface area (Å²) in [5.74, 6) is -0.0144. The summed E-state index contributed by atoms with van der Waals surface area (Å²) in [6.45, 7) is 2.40. The normalized spacial score (nSPS) is 22.2. The monoisotopic (exact) mass is 325 g/mol. The van der Waals surface area contributed by atoms with Gasteiger partial charge in [0.25, 0.3) is 0 Å². The molecule has 0 aromatic carbocycles. The van der Waals surface area contributed by atoms with Crippen LogP contribution in [0, 0.1) is 0 Å². The number of hydrogen-bond donors (Lipinski definition) is 0. The number of ether oxygens (including phenoxy) is 1. The maximum atomic E-state index is 11.1. The number of carbonyl (C=O) groups excluding carboxylic acids is 1. The van der Waals surface area contributed by atoms with Gasteiger partial charge in [-0.2, -0.15) is 0 Å². The number of unbranched alkanes of at least 4 members (excludes halogenated alkanes) is 7. The molecule has 2 nitrogen and oxygen atoms in total. The molecular weight excluding hydrogens is 300 g/mol. The molecule has 0 unspecified atom stereocenters. The Morgan fingerprint density at radius 3 is 1.95 bits per heavy atom. The van der Waals surface area contributed by atoms with Crippen molar-refractivity contribution in [1.82, 2.24) is 0 Å². The van der Waals surface area contributed by atoms with Crippen molar-refractivity contribution in [2.24, 2.45) is 0 Å². The molecule has 4 rings (SSSR count). The standard InChI is InChI=1S/C13H25O2Si4/c1-2-15-13(14)11-9-7-5-3-4-6-8-10-12-19-16-17(19)18(16)19/h2-12H2,1H3. The molecule has 4 heterocycles. The van der Waals surface area contributed by atoms with E-state index in [-0.39, 0.29) is 12.6 Å². The zero-order valence-corrected chi connectivity index (χ0v) is 16.1. The van der Waals surface area contributed by atoms with Crippen LogP contribution in [0.15, 0.2) is 0 Å². The van der Waals surface area contributed by atoms with E-state index in [2.05, 4.69) is 0 Å². The summed E-state index contributed by atoms with van der Waals surface area (Å²) in [6, 6.07) is 1.84. The van der Waals surface area contributed by atoms with E-state index in [1.165, 1.54) is 38.5 Å². The molecular formula is C13H25O2Si4. The van der Waals surface area contributed by atoms with Crippen LogP contribution in [-0.4, -0.2) is 41.3 Å². The van der Waals surface area contributed by atoms with Gasteiger partial charge in [-0.05, 0) is 13.3 Å². The first kappa shape index (κ1) is 14.3. The lowest BCUT2D eigenvalue weighted by Crippen LogP contribution is -2.03. The van der Waals surface area contributed by atoms with Gasteiger partial charge in [0, 0.05) is 35.1 Å². The van der Waals surface area contributed by atoms with E-state index < -0.39 is 0 Å². The highest BCUT2D eigenvalue weighted by Crippen LogP contribution is 2.75. The fourth-order valence-electron chi connectivity index (χ4n) is 3.29. The second kappa shape index (κ2) is 5.99. The summed E-state index contributed by atoms with van der Waals surface area (Å²) in [5.41, 5.74) is 0. The average molecular weight is 326 g/mol. The van der Waals surface area contributed by atoms with Crippen LogP contribution in [-0.2, 0) is 9.53 Å². The average Bonchev–Trinajstić information content (AvgIpc) is 3.22. The van der Waals surface area contributed by atoms with Crippen LogP contribution in [0.25, 0.3) is 0 Å². The lowest BCUT2D eigenvalue weighted by Gasteiger charge is -2.03. The molecule has 4 saturated heterocycles. The van der Waals surface area contributed by atoms with Gasteiger partial charge in [0.05, 0.1) is 6.61 Å². The first-order valence-corrected chi connectivity index (χ1v) is 20.8. The van der Waals surface area contributed by atoms with Crippen LogP contribution >= 0.6 is 0 Å². The molecule has 0 bridgehead atoms. The second-order valence-electron chi connectivity index (χ2n) is 6.16. The molecule has 0 atom stereocenters. The Morgan fingerprint density at radius 2 is 1.42 bits per heavy atom. The summed E-state index contributed by atoms with van der Waals surface area (Å²) in [7, 11) is 2.24. The van der Waals surface area contributed by atoms with E-state index in [9.17, 15) is 4.79 Å². The lowest BCUT2D eigenvalue weighted by atomic mass is 10.1. The number of carbonyl (C=O) groups is 1. The van der Waals surface area contributed by atoms with E-state index in [4.69, 9.17) is 4.74 Å². The van der Waals surface area contributed by atoms with Gasteiger partial charge in [0.2, 0.25) is 0 Å². The van der Waals surface area contributed by atoms with Gasteiger partial charge in [0.1, 0.15) is 0 Å². The molecule has 4 aliphatic rings. The molecule has 0 saturated carbocycles. The summed E-state index contributed by atoms with van der Waals surface area (Å²) in [4.78, 5) is 11.1. The smallest absolute Gasteiger partial charge is 0.305 e. The Morgan fingerprint density at radius 1 is 0.895 bits per heavy atom. The van der Waals surface area contributed by atoms with Crippen LogP contribution < -0.4 is 0 Å². The third kappa shape index (κ3) is 3.16. The van der Waals surface area contributed by atoms with Crippen molar-refractivity contribution >= 4 is 34.6 Å². The Hall–Kier alpha value is 0.338. The van der Waals surface area contributed by atoms with Crippen molar-refractivity contribution < 1.29 is 9.53 Å². The highest BCUT2D eigenvalue weighted by molar-refractivity contribution is 8.80. The van der Waals surface area contributed by atoms with Crippen molar-refractivity contribution in [1.29, 1.82) is 0 Å². The minimum atomic E-state index is -0.0144. The first-order chi connectivity index (χ1) is 9.32. The maximum absolute atomic E-state index is 11.1. The molecule has 0 aromatic rings. The van der Waals surface area contributed by atoms with Crippen molar-refractivity contribution in [3.8, 4) is 0 Å². The minimum absolute atomic E-state index is 0.000732. The Bertz CT molecular complexity index is 322. The fourth-order valence-corrected chi connectivity index (χ4v) is 153. The first-order valence-electron chi connectivity index (χ1n) is 8.11. The van der Waals surface area contributed by atoms with Crippen LogP contribution in [0.1, 0.15) is 64.7 Å². The molecule has 0 spiro atoms. The molecule has 105 valence electrons. The van der Waals surface area contributed by atoms with Gasteiger partial charge < -0.3 is 4.74 Å². The Labute approximate surface area is 121 Å². The highest BCUT2D eigenvalue weighted by Gasteiger charge is 3.10. The third-order valence-corrected chi connectivity index (χ3v) is 94.9. The Balaban J connectivity index is 1.03. The predicted octanol–water partition coefficient (Wildman–Crippen LogP) is 2.50. The topological polar surface area (TPSA) is 26.3 Å². The molecule has 19 heavy (non-hydrogen) atoms. The highest BCUT2D eigenvalue weighted by atomic mass is 31.1. The summed E-state index contributed by atoms with van der Waals surface area (Å²) >= 11 is 0. The number of rotatable bonds is 12. The van der Waals surface area contributed by atoms with Crippen molar-refractivity contribution in [3.05, 3.63) is 0 Å². The summed E-state index contributed by atoms with van der Waals surface area (Å²) in [6.07, 6.45) is 11.6. The Kier molecular flexibility index (Phi) is 4.50. The van der Waals surface area contributed by atoms with E-state index in [0.717, 1.165) is 28.5 Å². The van der Waals surface area contributed by atoms with Crippen molar-refractivity contribution in [3.63, 3.8) is 0 Å². The summed E-state index contributed by atoms with van der Waals surface area (Å²) < 4.78 is 4.92. The number of esters is 1. The quantitative estimate of drug-likeness (QED) is 0.313. The number of hydrogen-bond acceptors (Lipinski definition) is 2. The third-order valence-electron chi connectivity index (χ3n) is 4.77. The lowest BCUT2D eigenvalue weighted by molar-refractivity contribution is -0.143. The fraction of sp³-hybridized carbons (Fsp3) is 0.923. The van der Waals surface area contributed by atoms with E-state index >= 15 is 0 Å². The van der Waals surface area contributed by atoms with Gasteiger partial charge in [0.15, 0.2) is 0 Å². The van der Waals surface area contributed by atoms with Crippen LogP contribution in [0.2, 0.25) is 6.04 Å². The zero-order valence-electron chi connectivity index (χ0n) is 12.1. The van der Waals surface area contributed by atoms with Gasteiger partial charge in [-0.3, -0.25) is 4.79 Å². The van der Waals surface area contributed by atoms with Crippen molar-refractivity contribution in [2.45, 2.75) is 70.8 Å². The van der Waals surface area contributed by atoms with Gasteiger partial charge >= 0.3 is 5.97 Å². The SMILES string of the molecule is CCOC(=O)CCCCCCCCCC[Si]12[Si]3[Si]1[Si]32. The summed E-state index contributed by atoms with van der Waals surface area (Å²) in [5, 5.41) is 0. The minimum Gasteiger partial charge on any atom is -0.466 e. The molecule has 4 aliphatic heterocycles. The molecule has 6 heteroatoms. The van der Waals surface area contributed by atoms with Crippen LogP contribution in [0.5, 0.6) is 0 Å². The van der Waals surface area contributed by atoms with E-state index in [1.54, 1.807) is 6.42 Å². The van der Waals surface area contributed by atoms with Crippen LogP contribution in [0.3, 0.4) is 0 Å². The van der Waals surface area contributed by atoms with Gasteiger partial charge in [-0.1, -0.05) is 51.0 Å². The van der Waals surface area contributed by atoms with Gasteiger partial charge in [-0.25, -0.2) is 0 Å². The van der Waals surface area contributed by atoms with Gasteiger partial charge in [-0.15, -0.1) is 0 Å². The molecule has 0 amide bonds. The molecule has 3 radical (unpaired) electrons. The molecule has 4 fully saturated rings. The van der Waals surface area contributed by atoms with E-state index in [0.29, 0.717) is 13.0 Å². The second-order valence-corrected chi connectivity index (χ2v) is 49.9. The molecule has 0 aromatic heterocycles. The molecule has 0 N–H and O–H groups in total. The van der Waals surface area contributed by atoms with Crippen molar-refractivity contribution in [2.75, 3.05) is 6.61 Å². The predicted molar refractivity (Wildman–Crippen MR) is 86.0 cm³/mol. The van der Waals surface area contributed by atoms with Crippen LogP contribution in [0.4, 0.5) is 0 Å². The zero-order chi connectivity index (χ0) is 13.3. The van der Waals surface area contributed by atoms with E-state index in [1.807, 2.05) is 13.0 Å². The maximum Gasteiger partial charge on any atom is 0.305 e.